The summed E-state index contributed by atoms with van der Waals surface area (Å²) in [4.78, 5) is 4.29. The number of halogens is 1. The molecule has 0 fully saturated rings. The van der Waals surface area contributed by atoms with Crippen molar-refractivity contribution in [3.05, 3.63) is 54.1 Å². The molecule has 0 saturated carbocycles. The SMILES string of the molecule is CN=C(NCCOc1ccc(OC)cc1)NCC1CCOc2ccccc21.I. The van der Waals surface area contributed by atoms with Crippen LogP contribution in [0.2, 0.25) is 0 Å². The fourth-order valence-electron chi connectivity index (χ4n) is 3.08. The highest BCUT2D eigenvalue weighted by Crippen LogP contribution is 2.32. The molecule has 7 heteroatoms. The van der Waals surface area contributed by atoms with Crippen molar-refractivity contribution in [3.63, 3.8) is 0 Å². The molecule has 1 heterocycles. The third-order valence-corrected chi connectivity index (χ3v) is 4.54. The largest absolute Gasteiger partial charge is 0.497 e. The fraction of sp³-hybridized carbons (Fsp3) is 0.381. The molecule has 2 aromatic rings. The molecule has 0 aliphatic carbocycles. The first-order valence-electron chi connectivity index (χ1n) is 9.23. The molecule has 3 rings (SSSR count). The monoisotopic (exact) mass is 497 g/mol. The number of hydrogen-bond acceptors (Lipinski definition) is 4. The van der Waals surface area contributed by atoms with Crippen LogP contribution in [0, 0.1) is 0 Å². The molecule has 0 saturated heterocycles. The van der Waals surface area contributed by atoms with Crippen molar-refractivity contribution in [3.8, 4) is 17.2 Å². The maximum absolute atomic E-state index is 5.72. The number of nitrogens with zero attached hydrogens (tertiary/aromatic N) is 1. The first-order chi connectivity index (χ1) is 13.3. The normalized spacial score (nSPS) is 15.5. The fourth-order valence-corrected chi connectivity index (χ4v) is 3.08. The number of guanidine groups is 1. The summed E-state index contributed by atoms with van der Waals surface area (Å²) >= 11 is 0. The summed E-state index contributed by atoms with van der Waals surface area (Å²) in [6.07, 6.45) is 1.00. The minimum atomic E-state index is 0. The molecule has 0 radical (unpaired) electrons. The van der Waals surface area contributed by atoms with Gasteiger partial charge in [-0.1, -0.05) is 18.2 Å². The lowest BCUT2D eigenvalue weighted by Gasteiger charge is -2.26. The zero-order valence-electron chi connectivity index (χ0n) is 16.3. The number of fused-ring (bicyclic) bond motifs is 1. The van der Waals surface area contributed by atoms with Crippen LogP contribution in [0.4, 0.5) is 0 Å². The van der Waals surface area contributed by atoms with Gasteiger partial charge in [0.1, 0.15) is 23.9 Å². The van der Waals surface area contributed by atoms with Crippen LogP contribution in [0.25, 0.3) is 0 Å². The van der Waals surface area contributed by atoms with Crippen molar-refractivity contribution in [2.24, 2.45) is 4.99 Å². The van der Waals surface area contributed by atoms with Crippen LogP contribution in [-0.4, -0.2) is 46.4 Å². The van der Waals surface area contributed by atoms with E-state index in [-0.39, 0.29) is 24.0 Å². The number of methoxy groups -OCH3 is 1. The number of hydrogen-bond donors (Lipinski definition) is 2. The molecule has 2 aromatic carbocycles. The van der Waals surface area contributed by atoms with Gasteiger partial charge in [0.25, 0.3) is 0 Å². The topological polar surface area (TPSA) is 64.1 Å². The highest BCUT2D eigenvalue weighted by Gasteiger charge is 2.20. The van der Waals surface area contributed by atoms with Gasteiger partial charge in [-0.25, -0.2) is 0 Å². The molecular formula is C21H28IN3O3. The van der Waals surface area contributed by atoms with E-state index < -0.39 is 0 Å². The van der Waals surface area contributed by atoms with Crippen LogP contribution in [0.5, 0.6) is 17.2 Å². The maximum Gasteiger partial charge on any atom is 0.191 e. The van der Waals surface area contributed by atoms with E-state index >= 15 is 0 Å². The van der Waals surface area contributed by atoms with Crippen molar-refractivity contribution in [2.75, 3.05) is 40.5 Å². The Labute approximate surface area is 183 Å². The van der Waals surface area contributed by atoms with E-state index in [9.17, 15) is 0 Å². The van der Waals surface area contributed by atoms with Gasteiger partial charge in [0.15, 0.2) is 5.96 Å². The van der Waals surface area contributed by atoms with Gasteiger partial charge < -0.3 is 24.8 Å². The standard InChI is InChI=1S/C21H27N3O3.HI/c1-22-21(23-12-14-26-18-9-7-17(25-2)8-10-18)24-15-16-11-13-27-20-6-4-3-5-19(16)20;/h3-10,16H,11-15H2,1-2H3,(H2,22,23,24);1H. The Hall–Kier alpha value is -2.16. The first-order valence-corrected chi connectivity index (χ1v) is 9.23. The molecule has 1 aliphatic heterocycles. The molecule has 6 nitrogen and oxygen atoms in total. The number of aliphatic imine (C=N–C) groups is 1. The van der Waals surface area contributed by atoms with E-state index in [2.05, 4.69) is 27.8 Å². The number of benzene rings is 2. The molecule has 0 amide bonds. The second kappa shape index (κ2) is 11.6. The van der Waals surface area contributed by atoms with Gasteiger partial charge in [-0.05, 0) is 42.3 Å². The third kappa shape index (κ3) is 6.19. The summed E-state index contributed by atoms with van der Waals surface area (Å²) in [6.45, 7) is 2.79. The summed E-state index contributed by atoms with van der Waals surface area (Å²) in [5.74, 6) is 3.83. The van der Waals surface area contributed by atoms with E-state index in [0.29, 0.717) is 19.1 Å². The van der Waals surface area contributed by atoms with Crippen LogP contribution in [0.1, 0.15) is 17.9 Å². The minimum Gasteiger partial charge on any atom is -0.497 e. The second-order valence-electron chi connectivity index (χ2n) is 6.28. The molecule has 0 spiro atoms. The third-order valence-electron chi connectivity index (χ3n) is 4.54. The molecule has 0 bridgehead atoms. The predicted octanol–water partition coefficient (Wildman–Crippen LogP) is 3.42. The molecule has 28 heavy (non-hydrogen) atoms. The van der Waals surface area contributed by atoms with Crippen LogP contribution in [0.3, 0.4) is 0 Å². The van der Waals surface area contributed by atoms with Gasteiger partial charge >= 0.3 is 0 Å². The van der Waals surface area contributed by atoms with Crippen LogP contribution in [-0.2, 0) is 0 Å². The van der Waals surface area contributed by atoms with Crippen LogP contribution >= 0.6 is 24.0 Å². The molecule has 0 aromatic heterocycles. The number of nitrogens with one attached hydrogen (secondary N) is 2. The number of rotatable bonds is 7. The van der Waals surface area contributed by atoms with Crippen molar-refractivity contribution < 1.29 is 14.2 Å². The summed E-state index contributed by atoms with van der Waals surface area (Å²) in [6, 6.07) is 15.8. The molecular weight excluding hydrogens is 469 g/mol. The average Bonchev–Trinajstić information content (AvgIpc) is 2.73. The number of ether oxygens (including phenoxy) is 3. The van der Waals surface area contributed by atoms with Gasteiger partial charge in [0.05, 0.1) is 20.3 Å². The molecule has 1 atom stereocenters. The lowest BCUT2D eigenvalue weighted by molar-refractivity contribution is 0.267. The van der Waals surface area contributed by atoms with Gasteiger partial charge in [0, 0.05) is 19.5 Å². The van der Waals surface area contributed by atoms with Crippen molar-refractivity contribution in [1.82, 2.24) is 10.6 Å². The van der Waals surface area contributed by atoms with Crippen molar-refractivity contribution in [1.29, 1.82) is 0 Å². The van der Waals surface area contributed by atoms with Crippen LogP contribution in [0.15, 0.2) is 53.5 Å². The second-order valence-corrected chi connectivity index (χ2v) is 6.28. The predicted molar refractivity (Wildman–Crippen MR) is 123 cm³/mol. The van der Waals surface area contributed by atoms with Crippen molar-refractivity contribution >= 4 is 29.9 Å². The summed E-state index contributed by atoms with van der Waals surface area (Å²) < 4.78 is 16.6. The zero-order valence-corrected chi connectivity index (χ0v) is 18.6. The Morgan fingerprint density at radius 3 is 2.61 bits per heavy atom. The minimum absolute atomic E-state index is 0. The summed E-state index contributed by atoms with van der Waals surface area (Å²) in [7, 11) is 3.43. The summed E-state index contributed by atoms with van der Waals surface area (Å²) in [5.41, 5.74) is 1.26. The van der Waals surface area contributed by atoms with Gasteiger partial charge in [0.2, 0.25) is 0 Å². The highest BCUT2D eigenvalue weighted by molar-refractivity contribution is 14.0. The average molecular weight is 497 g/mol. The summed E-state index contributed by atoms with van der Waals surface area (Å²) in [5, 5.41) is 6.69. The maximum atomic E-state index is 5.72. The van der Waals surface area contributed by atoms with E-state index in [1.54, 1.807) is 14.2 Å². The van der Waals surface area contributed by atoms with Gasteiger partial charge in [-0.15, -0.1) is 24.0 Å². The molecule has 1 unspecified atom stereocenters. The molecule has 152 valence electrons. The lowest BCUT2D eigenvalue weighted by atomic mass is 9.93. The molecule has 2 N–H and O–H groups in total. The van der Waals surface area contributed by atoms with E-state index in [1.165, 1.54) is 5.56 Å². The quantitative estimate of drug-likeness (QED) is 0.266. The highest BCUT2D eigenvalue weighted by atomic mass is 127. The number of para-hydroxylation sites is 1. The Bertz CT molecular complexity index is 753. The van der Waals surface area contributed by atoms with E-state index in [0.717, 1.165) is 42.8 Å². The van der Waals surface area contributed by atoms with Crippen molar-refractivity contribution in [2.45, 2.75) is 12.3 Å². The first kappa shape index (κ1) is 22.1. The smallest absolute Gasteiger partial charge is 0.191 e. The Morgan fingerprint density at radius 1 is 1.11 bits per heavy atom. The zero-order chi connectivity index (χ0) is 18.9. The van der Waals surface area contributed by atoms with E-state index in [1.807, 2.05) is 36.4 Å². The van der Waals surface area contributed by atoms with E-state index in [4.69, 9.17) is 14.2 Å². The Morgan fingerprint density at radius 2 is 1.86 bits per heavy atom. The molecule has 1 aliphatic rings. The lowest BCUT2D eigenvalue weighted by Crippen LogP contribution is -2.41. The van der Waals surface area contributed by atoms with Gasteiger partial charge in [-0.2, -0.15) is 0 Å². The Balaban J connectivity index is 0.00000280. The van der Waals surface area contributed by atoms with Crippen LogP contribution < -0.4 is 24.8 Å². The Kier molecular flexibility index (Phi) is 9.19. The van der Waals surface area contributed by atoms with Gasteiger partial charge in [-0.3, -0.25) is 4.99 Å².